The van der Waals surface area contributed by atoms with Crippen molar-refractivity contribution in [3.05, 3.63) is 41.6 Å². The lowest BCUT2D eigenvalue weighted by Gasteiger charge is -1.95. The Morgan fingerprint density at radius 3 is 1.83 bits per heavy atom. The third-order valence-electron chi connectivity index (χ3n) is 2.80. The van der Waals surface area contributed by atoms with Crippen molar-refractivity contribution in [1.29, 1.82) is 10.8 Å². The lowest BCUT2D eigenvalue weighted by atomic mass is 10.3. The van der Waals surface area contributed by atoms with Crippen LogP contribution in [0.15, 0.2) is 23.7 Å². The summed E-state index contributed by atoms with van der Waals surface area (Å²) in [4.78, 5) is 26.5. The third-order valence-corrected chi connectivity index (χ3v) is 2.80. The Bertz CT molecular complexity index is 931. The van der Waals surface area contributed by atoms with Gasteiger partial charge < -0.3 is 22.2 Å². The van der Waals surface area contributed by atoms with Gasteiger partial charge in [-0.25, -0.2) is 29.9 Å². The number of aromatic nitrogens is 6. The molecule has 12 heteroatoms. The number of nitrogens with one attached hydrogen (secondary N) is 3. The van der Waals surface area contributed by atoms with Gasteiger partial charge in [-0.3, -0.25) is 10.8 Å². The third kappa shape index (κ3) is 12.4. The van der Waals surface area contributed by atoms with E-state index >= 15 is 0 Å². The fourth-order valence-corrected chi connectivity index (χ4v) is 1.98. The molecule has 3 rings (SSSR count). The fraction of sp³-hybridized carbons (Fsp3) is 0.333. The van der Waals surface area contributed by atoms with Gasteiger partial charge in [-0.15, -0.1) is 0 Å². The number of nitrogens with zero attached hydrogens (tertiary/aromatic N) is 6. The second-order valence-electron chi connectivity index (χ2n) is 6.08. The number of fused-ring (bicyclic) bond motifs is 1. The topological polar surface area (TPSA) is 218 Å². The molecule has 3 aromatic heterocycles. The highest BCUT2D eigenvalue weighted by Gasteiger charge is 1.98. The van der Waals surface area contributed by atoms with Crippen LogP contribution in [0.1, 0.15) is 36.8 Å². The molecule has 0 saturated carbocycles. The minimum atomic E-state index is -0.250. The number of hydrogen-bond donors (Lipinski definition) is 6. The first kappa shape index (κ1) is 26.0. The molecule has 0 aliphatic heterocycles. The normalized spacial score (nSPS) is 9.87. The molecule has 30 heavy (non-hydrogen) atoms. The van der Waals surface area contributed by atoms with Crippen LogP contribution in [-0.2, 0) is 0 Å². The van der Waals surface area contributed by atoms with Gasteiger partial charge in [0.25, 0.3) is 0 Å². The molecule has 12 nitrogen and oxygen atoms in total. The number of hydrogen-bond acceptors (Lipinski definition) is 7. The predicted octanol–water partition coefficient (Wildman–Crippen LogP) is 1.26. The van der Waals surface area contributed by atoms with Crippen molar-refractivity contribution in [1.82, 2.24) is 29.9 Å². The number of nitrogens with two attached hydrogens (primary N) is 3. The summed E-state index contributed by atoms with van der Waals surface area (Å²) in [5, 5.41) is 12.8. The first-order chi connectivity index (χ1) is 13.9. The summed E-state index contributed by atoms with van der Waals surface area (Å²) in [5.74, 6) is 1.08. The molecule has 0 fully saturated rings. The molecule has 0 bridgehead atoms. The molecule has 0 spiro atoms. The van der Waals surface area contributed by atoms with E-state index in [1.54, 1.807) is 13.3 Å². The summed E-state index contributed by atoms with van der Waals surface area (Å²) in [5.41, 5.74) is 19.2. The van der Waals surface area contributed by atoms with Crippen LogP contribution >= 0.6 is 0 Å². The molecule has 3 heterocycles. The fourth-order valence-electron chi connectivity index (χ4n) is 1.98. The zero-order valence-corrected chi connectivity index (χ0v) is 18.1. The minimum Gasteiger partial charge on any atom is -0.388 e. The molecule has 3 aromatic rings. The van der Waals surface area contributed by atoms with Crippen LogP contribution in [0, 0.1) is 38.5 Å². The van der Waals surface area contributed by atoms with E-state index in [2.05, 4.69) is 34.9 Å². The molecule has 0 aromatic carbocycles. The summed E-state index contributed by atoms with van der Waals surface area (Å²) in [6.45, 7) is 10.9. The maximum atomic E-state index is 6.54. The maximum Gasteiger partial charge on any atom is 0.214 e. The maximum absolute atomic E-state index is 6.54. The van der Waals surface area contributed by atoms with Gasteiger partial charge in [0.15, 0.2) is 5.65 Å². The summed E-state index contributed by atoms with van der Waals surface area (Å²) < 4.78 is 0. The standard InChI is InChI=1S/C7H10N2.C6H6N4.C3H8N4.C2H6N2/c1-5-4-6(2)9-7(3)8-5;1-4-5-6(9-2-7-4)10-3-8-5;1-2(4)7-3(5)6;1-2(3)4/h4H,1-3H3;2-3H,1H3,(H,7,8,9,10);1H3,(H5,4,5,6,7);1H3,(H3,3,4). The molecule has 0 aliphatic rings. The van der Waals surface area contributed by atoms with Crippen LogP contribution in [-0.4, -0.2) is 47.5 Å². The number of rotatable bonds is 0. The lowest BCUT2D eigenvalue weighted by Crippen LogP contribution is -2.13. The van der Waals surface area contributed by atoms with Crippen molar-refractivity contribution in [2.24, 2.45) is 22.2 Å². The molecule has 162 valence electrons. The van der Waals surface area contributed by atoms with E-state index in [4.69, 9.17) is 28.0 Å². The number of H-pyrrole nitrogens is 1. The van der Waals surface area contributed by atoms with Crippen LogP contribution in [0.3, 0.4) is 0 Å². The molecule has 9 N–H and O–H groups in total. The summed E-state index contributed by atoms with van der Waals surface area (Å²) in [7, 11) is 0. The number of amidine groups is 2. The van der Waals surface area contributed by atoms with Crippen LogP contribution < -0.4 is 17.2 Å². The molecule has 0 atom stereocenters. The number of guanidine groups is 1. The predicted molar refractivity (Wildman–Crippen MR) is 119 cm³/mol. The first-order valence-corrected chi connectivity index (χ1v) is 8.77. The average molecular weight is 415 g/mol. The number of aryl methyl sites for hydroxylation is 4. The highest BCUT2D eigenvalue weighted by atomic mass is 15.0. The van der Waals surface area contributed by atoms with Gasteiger partial charge in [0.2, 0.25) is 5.96 Å². The van der Waals surface area contributed by atoms with Gasteiger partial charge in [0.1, 0.15) is 17.7 Å². The van der Waals surface area contributed by atoms with Crippen LogP contribution in [0.4, 0.5) is 0 Å². The molecular formula is C18H30N12. The summed E-state index contributed by atoms with van der Waals surface area (Å²) >= 11 is 0. The smallest absolute Gasteiger partial charge is 0.214 e. The van der Waals surface area contributed by atoms with Gasteiger partial charge in [-0.05, 0) is 47.6 Å². The first-order valence-electron chi connectivity index (χ1n) is 8.77. The van der Waals surface area contributed by atoms with Crippen molar-refractivity contribution in [3.63, 3.8) is 0 Å². The molecule has 0 radical (unpaired) electrons. The van der Waals surface area contributed by atoms with E-state index in [-0.39, 0.29) is 11.8 Å². The highest BCUT2D eigenvalue weighted by molar-refractivity contribution is 5.91. The quantitative estimate of drug-likeness (QED) is 0.231. The largest absolute Gasteiger partial charge is 0.388 e. The van der Waals surface area contributed by atoms with E-state index in [0.29, 0.717) is 5.84 Å². The number of imidazole rings is 1. The van der Waals surface area contributed by atoms with E-state index < -0.39 is 0 Å². The van der Waals surface area contributed by atoms with Crippen LogP contribution in [0.25, 0.3) is 11.2 Å². The van der Waals surface area contributed by atoms with Crippen molar-refractivity contribution in [2.45, 2.75) is 41.5 Å². The molecular weight excluding hydrogens is 384 g/mol. The van der Waals surface area contributed by atoms with E-state index in [9.17, 15) is 0 Å². The second-order valence-corrected chi connectivity index (χ2v) is 6.08. The molecule has 0 saturated heterocycles. The zero-order chi connectivity index (χ0) is 23.3. The molecule has 0 amide bonds. The van der Waals surface area contributed by atoms with Gasteiger partial charge >= 0.3 is 0 Å². The summed E-state index contributed by atoms with van der Waals surface area (Å²) in [6.07, 6.45) is 3.13. The zero-order valence-electron chi connectivity index (χ0n) is 18.1. The number of aliphatic imine (C=N–C) groups is 1. The number of aromatic amines is 1. The molecule has 0 unspecified atom stereocenters. The van der Waals surface area contributed by atoms with Gasteiger partial charge in [0, 0.05) is 11.4 Å². The van der Waals surface area contributed by atoms with E-state index in [1.165, 1.54) is 13.3 Å². The van der Waals surface area contributed by atoms with Crippen LogP contribution in [0.5, 0.6) is 0 Å². The van der Waals surface area contributed by atoms with E-state index in [0.717, 1.165) is 34.1 Å². The Hall–Kier alpha value is -3.96. The Labute approximate surface area is 175 Å². The minimum absolute atomic E-state index is 0.167. The highest BCUT2D eigenvalue weighted by Crippen LogP contribution is 2.06. The lowest BCUT2D eigenvalue weighted by molar-refractivity contribution is 0.976. The van der Waals surface area contributed by atoms with Crippen molar-refractivity contribution in [2.75, 3.05) is 0 Å². The average Bonchev–Trinajstić information content (AvgIpc) is 3.03. The Kier molecular flexibility index (Phi) is 11.5. The SMILES string of the molecule is CC(=N)N.CC(N)=NC(=N)N.Cc1cc(C)nc(C)n1.Cc1ncnc2nc[nH]c12. The van der Waals surface area contributed by atoms with Crippen LogP contribution in [0.2, 0.25) is 0 Å². The second kappa shape index (κ2) is 13.3. The van der Waals surface area contributed by atoms with Crippen molar-refractivity contribution in [3.8, 4) is 0 Å². The van der Waals surface area contributed by atoms with Gasteiger partial charge in [-0.1, -0.05) is 0 Å². The van der Waals surface area contributed by atoms with Crippen molar-refractivity contribution < 1.29 is 0 Å². The Morgan fingerprint density at radius 1 is 0.933 bits per heavy atom. The monoisotopic (exact) mass is 414 g/mol. The van der Waals surface area contributed by atoms with Gasteiger partial charge in [-0.2, -0.15) is 0 Å². The van der Waals surface area contributed by atoms with Crippen molar-refractivity contribution >= 4 is 28.8 Å². The summed E-state index contributed by atoms with van der Waals surface area (Å²) in [6, 6.07) is 1.97. The Morgan fingerprint density at radius 2 is 1.47 bits per heavy atom. The Balaban J connectivity index is 0.000000393. The molecule has 0 aliphatic carbocycles. The van der Waals surface area contributed by atoms with Gasteiger partial charge in [0.05, 0.1) is 23.7 Å². The van der Waals surface area contributed by atoms with E-state index in [1.807, 2.05) is 33.8 Å².